The number of rotatable bonds is 5. The fourth-order valence-corrected chi connectivity index (χ4v) is 5.46. The van der Waals surface area contributed by atoms with Crippen molar-refractivity contribution in [3.8, 4) is 11.1 Å². The Bertz CT molecular complexity index is 1130. The highest BCUT2D eigenvalue weighted by molar-refractivity contribution is 8.18. The second-order valence-electron chi connectivity index (χ2n) is 8.22. The SMILES string of the molecule is COC(=O)c1ccc(-c2cccc(NC(=O)C3=C(C4CCC4)N4CCCN=C4S3)c2)cc1.Cl. The number of allylic oxidation sites excluding steroid dienone is 1. The van der Waals surface area contributed by atoms with E-state index in [1.807, 2.05) is 36.4 Å². The minimum Gasteiger partial charge on any atom is -0.465 e. The van der Waals surface area contributed by atoms with Crippen molar-refractivity contribution in [2.75, 3.05) is 25.5 Å². The molecule has 33 heavy (non-hydrogen) atoms. The number of ether oxygens (including phenoxy) is 1. The maximum absolute atomic E-state index is 13.3. The number of nitrogens with zero attached hydrogens (tertiary/aromatic N) is 2. The zero-order chi connectivity index (χ0) is 22.1. The third-order valence-corrected chi connectivity index (χ3v) is 7.32. The van der Waals surface area contributed by atoms with Gasteiger partial charge in [0.1, 0.15) is 4.91 Å². The Kier molecular flexibility index (Phi) is 7.10. The normalized spacial score (nSPS) is 17.5. The van der Waals surface area contributed by atoms with Crippen LogP contribution in [0.25, 0.3) is 11.1 Å². The first-order chi connectivity index (χ1) is 15.6. The summed E-state index contributed by atoms with van der Waals surface area (Å²) in [6.45, 7) is 1.79. The number of halogens is 1. The van der Waals surface area contributed by atoms with Crippen molar-refractivity contribution < 1.29 is 14.3 Å². The number of aliphatic imine (C=N–C) groups is 1. The Balaban J connectivity index is 0.00000259. The van der Waals surface area contributed by atoms with Crippen molar-refractivity contribution in [2.24, 2.45) is 10.9 Å². The first kappa shape index (κ1) is 23.4. The van der Waals surface area contributed by atoms with Crippen LogP contribution in [0.3, 0.4) is 0 Å². The average molecular weight is 484 g/mol. The summed E-state index contributed by atoms with van der Waals surface area (Å²) in [5, 5.41) is 4.08. The largest absolute Gasteiger partial charge is 0.465 e. The summed E-state index contributed by atoms with van der Waals surface area (Å²) in [6, 6.07) is 15.0. The molecule has 6 nitrogen and oxygen atoms in total. The van der Waals surface area contributed by atoms with Crippen LogP contribution < -0.4 is 5.32 Å². The van der Waals surface area contributed by atoms with Gasteiger partial charge < -0.3 is 15.0 Å². The van der Waals surface area contributed by atoms with Crippen molar-refractivity contribution in [3.05, 3.63) is 64.7 Å². The van der Waals surface area contributed by atoms with Crippen LogP contribution in [0, 0.1) is 5.92 Å². The Hall–Kier alpha value is -2.77. The summed E-state index contributed by atoms with van der Waals surface area (Å²) in [6.07, 6.45) is 4.55. The molecule has 0 saturated heterocycles. The number of anilines is 1. The van der Waals surface area contributed by atoms with Gasteiger partial charge in [0.25, 0.3) is 5.91 Å². The Labute approximate surface area is 203 Å². The van der Waals surface area contributed by atoms with Crippen molar-refractivity contribution in [2.45, 2.75) is 25.7 Å². The number of esters is 1. The molecule has 1 N–H and O–H groups in total. The van der Waals surface area contributed by atoms with Gasteiger partial charge in [0.2, 0.25) is 0 Å². The summed E-state index contributed by atoms with van der Waals surface area (Å²) in [7, 11) is 1.37. The maximum atomic E-state index is 13.3. The van der Waals surface area contributed by atoms with Gasteiger partial charge in [0.05, 0.1) is 12.7 Å². The van der Waals surface area contributed by atoms with E-state index in [-0.39, 0.29) is 24.3 Å². The van der Waals surface area contributed by atoms with E-state index in [4.69, 9.17) is 4.74 Å². The van der Waals surface area contributed by atoms with Gasteiger partial charge in [-0.1, -0.05) is 30.7 Å². The number of carbonyl (C=O) groups is 2. The fourth-order valence-electron chi connectivity index (χ4n) is 4.29. The van der Waals surface area contributed by atoms with Gasteiger partial charge in [0, 0.05) is 30.4 Å². The van der Waals surface area contributed by atoms with E-state index in [1.54, 1.807) is 12.1 Å². The predicted octanol–water partition coefficient (Wildman–Crippen LogP) is 5.32. The molecule has 0 atom stereocenters. The number of amides is 1. The lowest BCUT2D eigenvalue weighted by atomic mass is 9.82. The molecule has 8 heteroatoms. The number of benzene rings is 2. The molecule has 0 spiro atoms. The van der Waals surface area contributed by atoms with Crippen LogP contribution in [0.5, 0.6) is 0 Å². The minimum atomic E-state index is -0.358. The maximum Gasteiger partial charge on any atom is 0.337 e. The fraction of sp³-hybridized carbons (Fsp3) is 0.320. The van der Waals surface area contributed by atoms with E-state index in [1.165, 1.54) is 31.0 Å². The minimum absolute atomic E-state index is 0. The molecule has 2 aromatic rings. The molecular formula is C25H26ClN3O3S. The van der Waals surface area contributed by atoms with E-state index in [0.29, 0.717) is 11.5 Å². The van der Waals surface area contributed by atoms with Gasteiger partial charge >= 0.3 is 5.97 Å². The van der Waals surface area contributed by atoms with E-state index < -0.39 is 0 Å². The van der Waals surface area contributed by atoms with Crippen LogP contribution in [0.4, 0.5) is 5.69 Å². The Morgan fingerprint density at radius 3 is 2.58 bits per heavy atom. The summed E-state index contributed by atoms with van der Waals surface area (Å²) in [4.78, 5) is 32.7. The molecular weight excluding hydrogens is 458 g/mol. The van der Waals surface area contributed by atoms with Crippen LogP contribution >= 0.6 is 24.2 Å². The molecule has 3 aliphatic rings. The molecule has 2 aliphatic heterocycles. The highest BCUT2D eigenvalue weighted by Crippen LogP contribution is 2.46. The van der Waals surface area contributed by atoms with Gasteiger partial charge in [-0.15, -0.1) is 12.4 Å². The average Bonchev–Trinajstić information content (AvgIpc) is 3.17. The zero-order valence-electron chi connectivity index (χ0n) is 18.4. The molecule has 0 bridgehead atoms. The second kappa shape index (κ2) is 10.0. The van der Waals surface area contributed by atoms with Gasteiger partial charge in [0.15, 0.2) is 5.17 Å². The quantitative estimate of drug-likeness (QED) is 0.583. The molecule has 2 aromatic carbocycles. The number of methoxy groups -OCH3 is 1. The highest BCUT2D eigenvalue weighted by atomic mass is 35.5. The van der Waals surface area contributed by atoms with Crippen LogP contribution in [0.15, 0.2) is 64.1 Å². The number of carbonyl (C=O) groups excluding carboxylic acids is 2. The topological polar surface area (TPSA) is 71.0 Å². The van der Waals surface area contributed by atoms with Gasteiger partial charge in [-0.3, -0.25) is 9.79 Å². The molecule has 0 radical (unpaired) electrons. The standard InChI is InChI=1S/C25H25N3O3S.ClH/c1-31-24(30)18-11-9-16(10-12-18)19-7-3-8-20(15-19)27-23(29)22-21(17-5-2-6-17)28-14-4-13-26-25(28)32-22;/h3,7-12,15,17H,2,4-6,13-14H2,1H3,(H,27,29);1H. The number of nitrogens with one attached hydrogen (secondary N) is 1. The van der Waals surface area contributed by atoms with E-state index in [9.17, 15) is 9.59 Å². The lowest BCUT2D eigenvalue weighted by Crippen LogP contribution is -2.34. The number of thioether (sulfide) groups is 1. The van der Waals surface area contributed by atoms with Crippen LogP contribution in [-0.2, 0) is 9.53 Å². The number of amidine groups is 1. The third-order valence-electron chi connectivity index (χ3n) is 6.19. The lowest BCUT2D eigenvalue weighted by Gasteiger charge is -2.34. The number of hydrogen-bond donors (Lipinski definition) is 1. The van der Waals surface area contributed by atoms with E-state index in [0.717, 1.165) is 59.2 Å². The molecule has 1 aliphatic carbocycles. The Morgan fingerprint density at radius 1 is 1.09 bits per heavy atom. The van der Waals surface area contributed by atoms with Crippen molar-refractivity contribution in [3.63, 3.8) is 0 Å². The molecule has 2 heterocycles. The molecule has 172 valence electrons. The second-order valence-corrected chi connectivity index (χ2v) is 9.20. The zero-order valence-corrected chi connectivity index (χ0v) is 20.0. The smallest absolute Gasteiger partial charge is 0.337 e. The first-order valence-electron chi connectivity index (χ1n) is 11.0. The van der Waals surface area contributed by atoms with Gasteiger partial charge in [-0.2, -0.15) is 0 Å². The molecule has 1 fully saturated rings. The number of hydrogen-bond acceptors (Lipinski definition) is 6. The highest BCUT2D eigenvalue weighted by Gasteiger charge is 2.39. The van der Waals surface area contributed by atoms with Crippen molar-refractivity contribution in [1.82, 2.24) is 4.90 Å². The molecule has 0 unspecified atom stereocenters. The molecule has 1 amide bonds. The van der Waals surface area contributed by atoms with Crippen LogP contribution in [0.2, 0.25) is 0 Å². The summed E-state index contributed by atoms with van der Waals surface area (Å²) < 4.78 is 4.76. The first-order valence-corrected chi connectivity index (χ1v) is 11.8. The predicted molar refractivity (Wildman–Crippen MR) is 135 cm³/mol. The summed E-state index contributed by atoms with van der Waals surface area (Å²) >= 11 is 1.51. The van der Waals surface area contributed by atoms with E-state index in [2.05, 4.69) is 15.2 Å². The third kappa shape index (κ3) is 4.66. The molecule has 0 aromatic heterocycles. The van der Waals surface area contributed by atoms with E-state index >= 15 is 0 Å². The van der Waals surface area contributed by atoms with Gasteiger partial charge in [-0.05, 0) is 66.4 Å². The van der Waals surface area contributed by atoms with Crippen LogP contribution in [0.1, 0.15) is 36.0 Å². The Morgan fingerprint density at radius 2 is 1.88 bits per heavy atom. The van der Waals surface area contributed by atoms with Gasteiger partial charge in [-0.25, -0.2) is 4.79 Å². The van der Waals surface area contributed by atoms with Crippen LogP contribution in [-0.4, -0.2) is 42.1 Å². The number of fused-ring (bicyclic) bond motifs is 1. The van der Waals surface area contributed by atoms with Crippen molar-refractivity contribution >= 4 is 46.9 Å². The molecule has 5 rings (SSSR count). The summed E-state index contributed by atoms with van der Waals surface area (Å²) in [5.74, 6) is 0.0454. The molecule has 1 saturated carbocycles. The van der Waals surface area contributed by atoms with Crippen molar-refractivity contribution in [1.29, 1.82) is 0 Å². The monoisotopic (exact) mass is 483 g/mol. The lowest BCUT2D eigenvalue weighted by molar-refractivity contribution is -0.112. The summed E-state index contributed by atoms with van der Waals surface area (Å²) in [5.41, 5.74) is 4.36.